The Hall–Kier alpha value is -0.550. The first-order valence-electron chi connectivity index (χ1n) is 3.82. The standard InChI is InChI=1S/C7H7F2IN2O3S/c1-15-6-4(10)2-3(5(8)9)7(12-6)16(11,13)14/h2,5H,1H3,(H2,11,13,14). The number of hydrogen-bond donors (Lipinski definition) is 1. The molecule has 1 rings (SSSR count). The molecule has 0 amide bonds. The lowest BCUT2D eigenvalue weighted by molar-refractivity contribution is 0.146. The van der Waals surface area contributed by atoms with Crippen LogP contribution in [0.4, 0.5) is 8.78 Å². The quantitative estimate of drug-likeness (QED) is 0.820. The zero-order chi connectivity index (χ0) is 12.5. The number of rotatable bonds is 3. The van der Waals surface area contributed by atoms with E-state index in [1.54, 1.807) is 22.6 Å². The van der Waals surface area contributed by atoms with E-state index in [1.165, 1.54) is 7.11 Å². The summed E-state index contributed by atoms with van der Waals surface area (Å²) in [6.07, 6.45) is -2.97. The van der Waals surface area contributed by atoms with Gasteiger partial charge < -0.3 is 4.74 Å². The number of ether oxygens (including phenoxy) is 1. The van der Waals surface area contributed by atoms with Crippen molar-refractivity contribution in [3.63, 3.8) is 0 Å². The van der Waals surface area contributed by atoms with Crippen molar-refractivity contribution in [1.82, 2.24) is 4.98 Å². The predicted molar refractivity (Wildman–Crippen MR) is 59.8 cm³/mol. The van der Waals surface area contributed by atoms with Crippen LogP contribution in [-0.4, -0.2) is 20.5 Å². The Morgan fingerprint density at radius 3 is 2.50 bits per heavy atom. The Balaban J connectivity index is 3.56. The topological polar surface area (TPSA) is 82.3 Å². The molecule has 2 N–H and O–H groups in total. The molecule has 1 aromatic rings. The molecule has 9 heteroatoms. The van der Waals surface area contributed by atoms with Crippen LogP contribution in [0.1, 0.15) is 12.0 Å². The van der Waals surface area contributed by atoms with Gasteiger partial charge >= 0.3 is 0 Å². The van der Waals surface area contributed by atoms with E-state index < -0.39 is 27.0 Å². The third kappa shape index (κ3) is 2.77. The van der Waals surface area contributed by atoms with E-state index in [1.807, 2.05) is 0 Å². The van der Waals surface area contributed by atoms with Gasteiger partial charge in [0.05, 0.1) is 16.2 Å². The van der Waals surface area contributed by atoms with E-state index in [9.17, 15) is 17.2 Å². The number of methoxy groups -OCH3 is 1. The highest BCUT2D eigenvalue weighted by Crippen LogP contribution is 2.30. The molecular formula is C7H7F2IN2O3S. The fourth-order valence-electron chi connectivity index (χ4n) is 0.998. The highest BCUT2D eigenvalue weighted by atomic mass is 127. The van der Waals surface area contributed by atoms with Gasteiger partial charge in [-0.05, 0) is 28.7 Å². The van der Waals surface area contributed by atoms with Crippen molar-refractivity contribution in [2.75, 3.05) is 7.11 Å². The van der Waals surface area contributed by atoms with Gasteiger partial charge in [0.1, 0.15) is 0 Å². The van der Waals surface area contributed by atoms with Crippen LogP contribution in [0.15, 0.2) is 11.1 Å². The SMILES string of the molecule is COc1nc(S(N)(=O)=O)c(C(F)F)cc1I. The van der Waals surface area contributed by atoms with E-state index in [0.717, 1.165) is 6.07 Å². The van der Waals surface area contributed by atoms with Gasteiger partial charge in [0.2, 0.25) is 5.88 Å². The smallest absolute Gasteiger partial charge is 0.266 e. The number of aromatic nitrogens is 1. The Bertz CT molecular complexity index is 507. The van der Waals surface area contributed by atoms with Gasteiger partial charge in [-0.2, -0.15) is 4.98 Å². The first-order valence-corrected chi connectivity index (χ1v) is 6.45. The fourth-order valence-corrected chi connectivity index (χ4v) is 2.36. The van der Waals surface area contributed by atoms with Crippen LogP contribution >= 0.6 is 22.6 Å². The van der Waals surface area contributed by atoms with Crippen LogP contribution in [0.2, 0.25) is 0 Å². The van der Waals surface area contributed by atoms with Crippen molar-refractivity contribution in [3.05, 3.63) is 15.2 Å². The maximum absolute atomic E-state index is 12.6. The molecule has 0 saturated heterocycles. The second-order valence-corrected chi connectivity index (χ2v) is 5.36. The molecule has 0 radical (unpaired) electrons. The van der Waals surface area contributed by atoms with Gasteiger partial charge in [-0.25, -0.2) is 22.3 Å². The number of hydrogen-bond acceptors (Lipinski definition) is 4. The van der Waals surface area contributed by atoms with E-state index in [-0.39, 0.29) is 9.45 Å². The molecule has 0 aromatic carbocycles. The van der Waals surface area contributed by atoms with E-state index in [2.05, 4.69) is 4.98 Å². The number of nitrogens with two attached hydrogens (primary N) is 1. The minimum absolute atomic E-state index is 0.0611. The molecule has 1 heterocycles. The van der Waals surface area contributed by atoms with Crippen molar-refractivity contribution < 1.29 is 21.9 Å². The van der Waals surface area contributed by atoms with Crippen molar-refractivity contribution in [2.45, 2.75) is 11.5 Å². The molecule has 0 aliphatic carbocycles. The molecule has 0 atom stereocenters. The number of pyridine rings is 1. The van der Waals surface area contributed by atoms with E-state index >= 15 is 0 Å². The molecule has 0 aliphatic heterocycles. The summed E-state index contributed by atoms with van der Waals surface area (Å²) in [5, 5.41) is 3.93. The molecule has 5 nitrogen and oxygen atoms in total. The summed E-state index contributed by atoms with van der Waals surface area (Å²) in [6, 6.07) is 0.983. The molecule has 0 spiro atoms. The molecule has 0 fully saturated rings. The Labute approximate surface area is 104 Å². The molecule has 0 bridgehead atoms. The van der Waals surface area contributed by atoms with Crippen LogP contribution in [-0.2, 0) is 10.0 Å². The molecule has 0 saturated carbocycles. The third-order valence-corrected chi connectivity index (χ3v) is 3.27. The van der Waals surface area contributed by atoms with Crippen LogP contribution in [0.3, 0.4) is 0 Å². The Kier molecular flexibility index (Phi) is 4.02. The minimum Gasteiger partial charge on any atom is -0.480 e. The normalized spacial score (nSPS) is 11.9. The lowest BCUT2D eigenvalue weighted by atomic mass is 10.3. The highest BCUT2D eigenvalue weighted by molar-refractivity contribution is 14.1. The monoisotopic (exact) mass is 364 g/mol. The predicted octanol–water partition coefficient (Wildman–Crippen LogP) is 1.28. The number of primary sulfonamides is 1. The third-order valence-electron chi connectivity index (χ3n) is 1.63. The lowest BCUT2D eigenvalue weighted by Crippen LogP contribution is -2.17. The maximum atomic E-state index is 12.6. The first kappa shape index (κ1) is 13.5. The van der Waals surface area contributed by atoms with Gasteiger partial charge in [-0.15, -0.1) is 0 Å². The summed E-state index contributed by atoms with van der Waals surface area (Å²) in [5.74, 6) is -0.0611. The van der Waals surface area contributed by atoms with E-state index in [0.29, 0.717) is 0 Å². The molecule has 0 unspecified atom stereocenters. The average molecular weight is 364 g/mol. The van der Waals surface area contributed by atoms with Crippen LogP contribution in [0, 0.1) is 3.57 Å². The second-order valence-electron chi connectivity index (χ2n) is 2.72. The van der Waals surface area contributed by atoms with Gasteiger partial charge in [0.15, 0.2) is 5.03 Å². The lowest BCUT2D eigenvalue weighted by Gasteiger charge is -2.09. The summed E-state index contributed by atoms with van der Waals surface area (Å²) in [7, 11) is -3.05. The summed E-state index contributed by atoms with van der Waals surface area (Å²) >= 11 is 1.71. The van der Waals surface area contributed by atoms with Crippen LogP contribution in [0.25, 0.3) is 0 Å². The summed E-state index contributed by atoms with van der Waals surface area (Å²) < 4.78 is 52.3. The Morgan fingerprint density at radius 1 is 1.56 bits per heavy atom. The summed E-state index contributed by atoms with van der Waals surface area (Å²) in [4.78, 5) is 3.46. The van der Waals surface area contributed by atoms with Crippen molar-refractivity contribution >= 4 is 32.6 Å². The number of nitrogens with zero attached hydrogens (tertiary/aromatic N) is 1. The zero-order valence-corrected chi connectivity index (χ0v) is 10.9. The van der Waals surface area contributed by atoms with Crippen LogP contribution < -0.4 is 9.88 Å². The van der Waals surface area contributed by atoms with Crippen LogP contribution in [0.5, 0.6) is 5.88 Å². The van der Waals surface area contributed by atoms with Gasteiger partial charge in [-0.3, -0.25) is 0 Å². The molecule has 16 heavy (non-hydrogen) atoms. The molecule has 1 aromatic heterocycles. The largest absolute Gasteiger partial charge is 0.480 e. The first-order chi connectivity index (χ1) is 7.27. The molecular weight excluding hydrogens is 357 g/mol. The number of halogens is 3. The van der Waals surface area contributed by atoms with Crippen molar-refractivity contribution in [1.29, 1.82) is 0 Å². The second kappa shape index (κ2) is 4.75. The van der Waals surface area contributed by atoms with Gasteiger partial charge in [0.25, 0.3) is 16.4 Å². The van der Waals surface area contributed by atoms with Gasteiger partial charge in [-0.1, -0.05) is 0 Å². The minimum atomic E-state index is -4.30. The van der Waals surface area contributed by atoms with Gasteiger partial charge in [0, 0.05) is 0 Å². The number of sulfonamides is 1. The fraction of sp³-hybridized carbons (Fsp3) is 0.286. The summed E-state index contributed by atoms with van der Waals surface area (Å²) in [6.45, 7) is 0. The van der Waals surface area contributed by atoms with Crippen molar-refractivity contribution in [3.8, 4) is 5.88 Å². The summed E-state index contributed by atoms with van der Waals surface area (Å²) in [5.41, 5.74) is -0.729. The van der Waals surface area contributed by atoms with Crippen molar-refractivity contribution in [2.24, 2.45) is 5.14 Å². The molecule has 90 valence electrons. The average Bonchev–Trinajstić information content (AvgIpc) is 2.15. The molecule has 0 aliphatic rings. The number of alkyl halides is 2. The maximum Gasteiger partial charge on any atom is 0.266 e. The highest BCUT2D eigenvalue weighted by Gasteiger charge is 2.24. The Morgan fingerprint density at radius 2 is 2.12 bits per heavy atom. The van der Waals surface area contributed by atoms with E-state index in [4.69, 9.17) is 9.88 Å². The zero-order valence-electron chi connectivity index (χ0n) is 7.95.